The van der Waals surface area contributed by atoms with E-state index >= 15 is 0 Å². The highest BCUT2D eigenvalue weighted by Crippen LogP contribution is 2.24. The second kappa shape index (κ2) is 9.60. The molecule has 3 rings (SSSR count). The molecule has 1 N–H and O–H groups in total. The van der Waals surface area contributed by atoms with Gasteiger partial charge in [0.05, 0.1) is 16.5 Å². The Bertz CT molecular complexity index is 1250. The van der Waals surface area contributed by atoms with Crippen molar-refractivity contribution < 1.29 is 27.4 Å². The van der Waals surface area contributed by atoms with E-state index in [4.69, 9.17) is 10.00 Å². The van der Waals surface area contributed by atoms with Crippen LogP contribution >= 0.6 is 0 Å². The molecule has 0 aliphatic heterocycles. The van der Waals surface area contributed by atoms with E-state index in [0.29, 0.717) is 16.7 Å². The Morgan fingerprint density at radius 3 is 2.38 bits per heavy atom. The number of halogens is 1. The summed E-state index contributed by atoms with van der Waals surface area (Å²) in [6.45, 7) is 0.0482. The summed E-state index contributed by atoms with van der Waals surface area (Å²) in [6.07, 6.45) is -1.31. The number of rotatable bonds is 8. The van der Waals surface area contributed by atoms with E-state index in [0.717, 1.165) is 16.4 Å². The van der Waals surface area contributed by atoms with Crippen LogP contribution in [0.5, 0.6) is 5.75 Å². The zero-order chi connectivity index (χ0) is 23.3. The van der Waals surface area contributed by atoms with Crippen LogP contribution in [0.25, 0.3) is 0 Å². The van der Waals surface area contributed by atoms with Crippen molar-refractivity contribution in [3.63, 3.8) is 0 Å². The first kappa shape index (κ1) is 22.9. The van der Waals surface area contributed by atoms with E-state index in [2.05, 4.69) is 0 Å². The van der Waals surface area contributed by atoms with Crippen LogP contribution in [0.15, 0.2) is 77.7 Å². The predicted molar refractivity (Wildman–Crippen MR) is 114 cm³/mol. The summed E-state index contributed by atoms with van der Waals surface area (Å²) in [7, 11) is -2.40. The van der Waals surface area contributed by atoms with Gasteiger partial charge in [-0.2, -0.15) is 9.57 Å². The van der Waals surface area contributed by atoms with Gasteiger partial charge in [0.2, 0.25) is 16.1 Å². The minimum atomic E-state index is -3.81. The predicted octanol–water partition coefficient (Wildman–Crippen LogP) is 3.72. The molecule has 164 valence electrons. The Labute approximate surface area is 185 Å². The zero-order valence-electron chi connectivity index (χ0n) is 17.0. The maximum Gasteiger partial charge on any atom is 0.349 e. The minimum Gasteiger partial charge on any atom is -0.478 e. The van der Waals surface area contributed by atoms with Crippen molar-refractivity contribution in [1.29, 1.82) is 5.26 Å². The molecule has 1 atom stereocenters. The van der Waals surface area contributed by atoms with Crippen molar-refractivity contribution in [3.05, 3.63) is 95.3 Å². The molecule has 1 unspecified atom stereocenters. The number of carboxylic acids is 1. The Balaban J connectivity index is 1.73. The first-order valence-electron chi connectivity index (χ1n) is 9.41. The lowest BCUT2D eigenvalue weighted by Crippen LogP contribution is -2.26. The fraction of sp³-hybridized carbons (Fsp3) is 0.130. The van der Waals surface area contributed by atoms with Crippen LogP contribution in [0.1, 0.15) is 22.8 Å². The Hall–Kier alpha value is -3.74. The third-order valence-electron chi connectivity index (χ3n) is 4.65. The lowest BCUT2D eigenvalue weighted by atomic mass is 10.1. The Morgan fingerprint density at radius 1 is 1.12 bits per heavy atom. The molecule has 0 aliphatic rings. The molecule has 0 bridgehead atoms. The third kappa shape index (κ3) is 5.29. The van der Waals surface area contributed by atoms with Crippen molar-refractivity contribution in [1.82, 2.24) is 4.31 Å². The van der Waals surface area contributed by atoms with Crippen LogP contribution in [0, 0.1) is 17.1 Å². The summed E-state index contributed by atoms with van der Waals surface area (Å²) in [5, 5.41) is 18.6. The quantitative estimate of drug-likeness (QED) is 0.556. The molecule has 0 aliphatic carbocycles. The van der Waals surface area contributed by atoms with Gasteiger partial charge >= 0.3 is 5.97 Å². The second-order valence-corrected chi connectivity index (χ2v) is 8.98. The SMILES string of the molecule is CN(Cc1ccc(OC(C(=O)O)c2cccc(C#N)c2)cc1)S(=O)(=O)c1ccc(F)cc1. The summed E-state index contributed by atoms with van der Waals surface area (Å²) in [5.41, 5.74) is 1.28. The summed E-state index contributed by atoms with van der Waals surface area (Å²) >= 11 is 0. The minimum absolute atomic E-state index is 0.0229. The average Bonchev–Trinajstić information content (AvgIpc) is 2.78. The van der Waals surface area contributed by atoms with Crippen molar-refractivity contribution >= 4 is 16.0 Å². The molecule has 3 aromatic carbocycles. The number of hydrogen-bond acceptors (Lipinski definition) is 5. The molecule has 0 spiro atoms. The van der Waals surface area contributed by atoms with Crippen molar-refractivity contribution in [2.24, 2.45) is 0 Å². The number of ether oxygens (including phenoxy) is 1. The fourth-order valence-electron chi connectivity index (χ4n) is 2.97. The number of nitrogens with zero attached hydrogens (tertiary/aromatic N) is 2. The largest absolute Gasteiger partial charge is 0.478 e. The fourth-order valence-corrected chi connectivity index (χ4v) is 4.13. The van der Waals surface area contributed by atoms with E-state index in [1.165, 1.54) is 37.4 Å². The van der Waals surface area contributed by atoms with Crippen molar-refractivity contribution in [2.75, 3.05) is 7.05 Å². The average molecular weight is 454 g/mol. The molecule has 0 amide bonds. The number of carbonyl (C=O) groups is 1. The van der Waals surface area contributed by atoms with E-state index in [1.54, 1.807) is 30.3 Å². The maximum absolute atomic E-state index is 13.1. The van der Waals surface area contributed by atoms with Gasteiger partial charge in [0, 0.05) is 19.2 Å². The first-order valence-corrected chi connectivity index (χ1v) is 10.8. The summed E-state index contributed by atoms with van der Waals surface area (Å²) in [6, 6.07) is 19.0. The highest BCUT2D eigenvalue weighted by atomic mass is 32.2. The number of aliphatic carboxylic acids is 1. The lowest BCUT2D eigenvalue weighted by molar-refractivity contribution is -0.145. The van der Waals surface area contributed by atoms with Gasteiger partial charge in [-0.3, -0.25) is 0 Å². The molecule has 0 aromatic heterocycles. The van der Waals surface area contributed by atoms with Crippen LogP contribution < -0.4 is 4.74 Å². The van der Waals surface area contributed by atoms with Crippen LogP contribution in [0.2, 0.25) is 0 Å². The second-order valence-electron chi connectivity index (χ2n) is 6.93. The van der Waals surface area contributed by atoms with E-state index in [1.807, 2.05) is 6.07 Å². The van der Waals surface area contributed by atoms with Crippen LogP contribution in [0.3, 0.4) is 0 Å². The monoisotopic (exact) mass is 454 g/mol. The standard InChI is InChI=1S/C23H19FN2O5S/c1-26(32(29,30)21-11-7-19(24)8-12-21)15-16-5-9-20(10-6-16)31-22(23(27)28)18-4-2-3-17(13-18)14-25/h2-13,22H,15H2,1H3,(H,27,28). The van der Waals surface area contributed by atoms with Gasteiger partial charge in [-0.25, -0.2) is 17.6 Å². The van der Waals surface area contributed by atoms with Crippen LogP contribution in [-0.2, 0) is 21.4 Å². The molecule has 9 heteroatoms. The molecular formula is C23H19FN2O5S. The normalized spacial score (nSPS) is 12.2. The van der Waals surface area contributed by atoms with E-state index in [9.17, 15) is 22.7 Å². The summed E-state index contributed by atoms with van der Waals surface area (Å²) < 4.78 is 45.1. The van der Waals surface area contributed by atoms with Crippen LogP contribution in [-0.4, -0.2) is 30.8 Å². The van der Waals surface area contributed by atoms with Gasteiger partial charge in [0.25, 0.3) is 0 Å². The number of benzene rings is 3. The number of sulfonamides is 1. The first-order chi connectivity index (χ1) is 15.2. The Morgan fingerprint density at radius 2 is 1.78 bits per heavy atom. The van der Waals surface area contributed by atoms with E-state index in [-0.39, 0.29) is 17.2 Å². The topological polar surface area (TPSA) is 108 Å². The van der Waals surface area contributed by atoms with Crippen LogP contribution in [0.4, 0.5) is 4.39 Å². The summed E-state index contributed by atoms with van der Waals surface area (Å²) in [5.74, 6) is -1.47. The van der Waals surface area contributed by atoms with Gasteiger partial charge in [-0.15, -0.1) is 0 Å². The summed E-state index contributed by atoms with van der Waals surface area (Å²) in [4.78, 5) is 11.7. The highest BCUT2D eigenvalue weighted by Gasteiger charge is 2.23. The molecule has 0 fully saturated rings. The molecule has 32 heavy (non-hydrogen) atoms. The van der Waals surface area contributed by atoms with Gasteiger partial charge < -0.3 is 9.84 Å². The molecule has 7 nitrogen and oxygen atoms in total. The van der Waals surface area contributed by atoms with Gasteiger partial charge in [-0.05, 0) is 54.1 Å². The number of nitriles is 1. The third-order valence-corrected chi connectivity index (χ3v) is 6.46. The number of carboxylic acid groups (broad SMARTS) is 1. The molecule has 0 saturated carbocycles. The number of hydrogen-bond donors (Lipinski definition) is 1. The van der Waals surface area contributed by atoms with Crippen molar-refractivity contribution in [3.8, 4) is 11.8 Å². The zero-order valence-corrected chi connectivity index (χ0v) is 17.8. The molecule has 0 radical (unpaired) electrons. The van der Waals surface area contributed by atoms with E-state index < -0.39 is 27.9 Å². The van der Waals surface area contributed by atoms with Gasteiger partial charge in [-0.1, -0.05) is 24.3 Å². The lowest BCUT2D eigenvalue weighted by Gasteiger charge is -2.18. The van der Waals surface area contributed by atoms with Gasteiger partial charge in [0.1, 0.15) is 11.6 Å². The van der Waals surface area contributed by atoms with Gasteiger partial charge in [0.15, 0.2) is 0 Å². The molecular weight excluding hydrogens is 435 g/mol. The highest BCUT2D eigenvalue weighted by molar-refractivity contribution is 7.89. The van der Waals surface area contributed by atoms with Crippen molar-refractivity contribution in [2.45, 2.75) is 17.5 Å². The Kier molecular flexibility index (Phi) is 6.88. The smallest absolute Gasteiger partial charge is 0.349 e. The molecule has 0 saturated heterocycles. The molecule has 3 aromatic rings. The maximum atomic E-state index is 13.1. The molecule has 0 heterocycles.